The molecule has 7 heterocycles. The van der Waals surface area contributed by atoms with Gasteiger partial charge in [0.15, 0.2) is 40.7 Å². The molecule has 4 aromatic rings. The Bertz CT molecular complexity index is 1930. The number of H-pyrrole nitrogens is 2. The first-order valence-corrected chi connectivity index (χ1v) is 13.8. The van der Waals surface area contributed by atoms with Crippen LogP contribution in [0.15, 0.2) is 32.2 Å². The van der Waals surface area contributed by atoms with Crippen molar-refractivity contribution in [2.45, 2.75) is 68.7 Å². The molecule has 2 fully saturated rings. The van der Waals surface area contributed by atoms with Crippen LogP contribution in [0.2, 0.25) is 0 Å². The topological polar surface area (TPSA) is 301 Å². The van der Waals surface area contributed by atoms with E-state index in [0.29, 0.717) is 12.2 Å². The molecule has 0 bridgehead atoms. The first-order valence-electron chi connectivity index (χ1n) is 13.8. The molecule has 44 heavy (non-hydrogen) atoms. The number of aromatic nitrogens is 8. The number of hydrogen-bond donors (Lipinski definition) is 8. The first-order chi connectivity index (χ1) is 21.1. The highest BCUT2D eigenvalue weighted by molar-refractivity contribution is 5.81. The van der Waals surface area contributed by atoms with Crippen LogP contribution in [0, 0.1) is 6.92 Å². The number of nitrogens with two attached hydrogens (primary N) is 3. The number of fused-ring (bicyclic) bond motifs is 4. The van der Waals surface area contributed by atoms with Crippen LogP contribution in [0.4, 0.5) is 5.95 Å². The summed E-state index contributed by atoms with van der Waals surface area (Å²) in [6, 6.07) is -1.57. The van der Waals surface area contributed by atoms with E-state index < -0.39 is 60.1 Å². The van der Waals surface area contributed by atoms with E-state index in [2.05, 4.69) is 45.2 Å². The standard InChI is InChI=1S/C24H30N14O6/c1-7-31-17-13(19(41)32-7)29-5-37(17)21-15(39)11-8(43-21)2-3-10(25)33-12-9(4-28-23(26)34-11)44-22(16(12)40)38-6-30-14-18(38)35-24(27)36-20(14)42/h5-6,8-9,11-12,15-16,21-22,39-40H,2-4H2,1H3,(H2,25,33)(H3,26,28,34)(H,31,32,41)(H3,27,35,36,42)/t8-,9-,11?,12+,15+,16?,21-,22-/m1/s1. The normalized spacial score (nSPS) is 31.1. The fraction of sp³-hybridized carbons (Fsp3) is 0.500. The number of hydrogen-bond acceptors (Lipinski definition) is 16. The molecule has 20 nitrogen and oxygen atoms in total. The van der Waals surface area contributed by atoms with Gasteiger partial charge in [0, 0.05) is 6.42 Å². The van der Waals surface area contributed by atoms with Gasteiger partial charge in [0.2, 0.25) is 5.95 Å². The van der Waals surface area contributed by atoms with Gasteiger partial charge in [0.25, 0.3) is 11.1 Å². The number of aliphatic imine (C=N–C) groups is 2. The number of aryl methyl sites for hydroxylation is 1. The lowest BCUT2D eigenvalue weighted by atomic mass is 10.0. The van der Waals surface area contributed by atoms with Crippen LogP contribution < -0.4 is 33.6 Å². The van der Waals surface area contributed by atoms with Crippen molar-refractivity contribution < 1.29 is 19.7 Å². The second-order valence-corrected chi connectivity index (χ2v) is 10.9. The van der Waals surface area contributed by atoms with Crippen molar-refractivity contribution in [1.82, 2.24) is 44.4 Å². The number of aromatic amines is 2. The van der Waals surface area contributed by atoms with Crippen LogP contribution >= 0.6 is 0 Å². The number of ether oxygens (including phenoxy) is 2. The minimum atomic E-state index is -1.22. The number of amidine groups is 1. The molecule has 232 valence electrons. The lowest BCUT2D eigenvalue weighted by molar-refractivity contribution is -0.0362. The average molecular weight is 611 g/mol. The van der Waals surface area contributed by atoms with Crippen molar-refractivity contribution in [3.8, 4) is 0 Å². The summed E-state index contributed by atoms with van der Waals surface area (Å²) in [6.07, 6.45) is -2.47. The van der Waals surface area contributed by atoms with Crippen molar-refractivity contribution in [3.05, 3.63) is 39.2 Å². The smallest absolute Gasteiger partial charge is 0.280 e. The SMILES string of the molecule is Cc1nc2c(ncn2[C@@H]2O[C@@H]3CCC(N)=N[C@@H]4C(O)[C@H](n5cnc6c(=O)[nH]c(N)nc65)O[C@@H]4CN=C(N)NC3[C@@H]2O)c(=O)[nH]1. The highest BCUT2D eigenvalue weighted by Gasteiger charge is 2.48. The molecule has 3 aliphatic heterocycles. The van der Waals surface area contributed by atoms with Crippen molar-refractivity contribution in [2.24, 2.45) is 21.5 Å². The van der Waals surface area contributed by atoms with Gasteiger partial charge < -0.3 is 47.2 Å². The molecular formula is C24H30N14O6. The molecule has 0 radical (unpaired) electrons. The Morgan fingerprint density at radius 1 is 0.909 bits per heavy atom. The number of guanidine groups is 1. The number of nitrogens with zero attached hydrogens (tertiary/aromatic N) is 8. The van der Waals surface area contributed by atoms with Crippen LogP contribution in [-0.4, -0.2) is 104 Å². The number of rotatable bonds is 2. The predicted molar refractivity (Wildman–Crippen MR) is 153 cm³/mol. The van der Waals surface area contributed by atoms with E-state index in [1.165, 1.54) is 21.8 Å². The van der Waals surface area contributed by atoms with E-state index in [-0.39, 0.29) is 53.0 Å². The van der Waals surface area contributed by atoms with Gasteiger partial charge in [-0.3, -0.25) is 33.7 Å². The molecular weight excluding hydrogens is 580 g/mol. The van der Waals surface area contributed by atoms with E-state index in [0.717, 1.165) is 0 Å². The molecule has 2 unspecified atom stereocenters. The molecule has 0 aliphatic carbocycles. The van der Waals surface area contributed by atoms with Crippen LogP contribution in [0.1, 0.15) is 31.1 Å². The first kappa shape index (κ1) is 27.9. The number of imidazole rings is 2. The third-order valence-corrected chi connectivity index (χ3v) is 8.02. The Morgan fingerprint density at radius 3 is 2.27 bits per heavy atom. The molecule has 7 rings (SSSR count). The van der Waals surface area contributed by atoms with Crippen molar-refractivity contribution in [3.63, 3.8) is 0 Å². The van der Waals surface area contributed by atoms with Gasteiger partial charge in [-0.2, -0.15) is 4.98 Å². The van der Waals surface area contributed by atoms with E-state index in [1.54, 1.807) is 6.92 Å². The maximum absolute atomic E-state index is 12.3. The van der Waals surface area contributed by atoms with E-state index >= 15 is 0 Å². The van der Waals surface area contributed by atoms with Crippen molar-refractivity contribution >= 4 is 40.1 Å². The van der Waals surface area contributed by atoms with Gasteiger partial charge >= 0.3 is 0 Å². The molecule has 8 atom stereocenters. The summed E-state index contributed by atoms with van der Waals surface area (Å²) in [6.45, 7) is 1.61. The third kappa shape index (κ3) is 4.54. The summed E-state index contributed by atoms with van der Waals surface area (Å²) in [5.74, 6) is 0.477. The molecule has 2 saturated heterocycles. The number of nitrogens with one attached hydrogen (secondary N) is 3. The van der Waals surface area contributed by atoms with Crippen LogP contribution in [0.25, 0.3) is 22.3 Å². The fourth-order valence-corrected chi connectivity index (χ4v) is 5.97. The van der Waals surface area contributed by atoms with Gasteiger partial charge in [0.05, 0.1) is 37.2 Å². The molecule has 3 aliphatic rings. The summed E-state index contributed by atoms with van der Waals surface area (Å²) in [5.41, 5.74) is 17.9. The Morgan fingerprint density at radius 2 is 1.55 bits per heavy atom. The molecule has 4 aromatic heterocycles. The third-order valence-electron chi connectivity index (χ3n) is 8.02. The molecule has 11 N–H and O–H groups in total. The highest BCUT2D eigenvalue weighted by Crippen LogP contribution is 2.35. The van der Waals surface area contributed by atoms with Crippen molar-refractivity contribution in [2.75, 3.05) is 12.3 Å². The highest BCUT2D eigenvalue weighted by atomic mass is 16.5. The zero-order valence-electron chi connectivity index (χ0n) is 23.2. The van der Waals surface area contributed by atoms with E-state index in [4.69, 9.17) is 26.7 Å². The molecule has 0 amide bonds. The number of anilines is 1. The van der Waals surface area contributed by atoms with E-state index in [1.807, 2.05) is 0 Å². The Kier molecular flexibility index (Phi) is 6.57. The average Bonchev–Trinajstić information content (AvgIpc) is 3.72. The second-order valence-electron chi connectivity index (χ2n) is 10.9. The van der Waals surface area contributed by atoms with Gasteiger partial charge in [0.1, 0.15) is 30.2 Å². The Labute approximate surface area is 246 Å². The predicted octanol–water partition coefficient (Wildman–Crippen LogP) is -3.55. The zero-order valence-corrected chi connectivity index (χ0v) is 23.2. The van der Waals surface area contributed by atoms with Crippen molar-refractivity contribution in [1.29, 1.82) is 0 Å². The fourth-order valence-electron chi connectivity index (χ4n) is 5.97. The maximum Gasteiger partial charge on any atom is 0.280 e. The largest absolute Gasteiger partial charge is 0.387 e. The Hall–Kier alpha value is -4.92. The summed E-state index contributed by atoms with van der Waals surface area (Å²) in [7, 11) is 0. The molecule has 0 aromatic carbocycles. The molecule has 20 heteroatoms. The summed E-state index contributed by atoms with van der Waals surface area (Å²) >= 11 is 0. The van der Waals surface area contributed by atoms with E-state index in [9.17, 15) is 19.8 Å². The summed E-state index contributed by atoms with van der Waals surface area (Å²) in [4.78, 5) is 55.3. The lowest BCUT2D eigenvalue weighted by Crippen LogP contribution is -2.50. The monoisotopic (exact) mass is 610 g/mol. The number of aliphatic hydroxyl groups excluding tert-OH is 2. The summed E-state index contributed by atoms with van der Waals surface area (Å²) in [5, 5.41) is 25.7. The van der Waals surface area contributed by atoms with Gasteiger partial charge in [-0.25, -0.2) is 15.0 Å². The van der Waals surface area contributed by atoms with Crippen LogP contribution in [0.5, 0.6) is 0 Å². The van der Waals surface area contributed by atoms with Crippen LogP contribution in [-0.2, 0) is 9.47 Å². The molecule has 0 saturated carbocycles. The summed E-state index contributed by atoms with van der Waals surface area (Å²) < 4.78 is 15.3. The zero-order chi connectivity index (χ0) is 30.9. The second kappa shape index (κ2) is 10.4. The van der Waals surface area contributed by atoms with Gasteiger partial charge in [-0.15, -0.1) is 0 Å². The number of nitrogen functional groups attached to an aromatic ring is 1. The van der Waals surface area contributed by atoms with Gasteiger partial charge in [-0.05, 0) is 13.3 Å². The minimum absolute atomic E-state index is 0.00364. The number of aliphatic hydroxyl groups is 2. The molecule has 0 spiro atoms. The Balaban J connectivity index is 1.17. The van der Waals surface area contributed by atoms with Crippen LogP contribution in [0.3, 0.4) is 0 Å². The lowest BCUT2D eigenvalue weighted by Gasteiger charge is -2.23. The quantitative estimate of drug-likeness (QED) is 0.109. The van der Waals surface area contributed by atoms with Gasteiger partial charge in [-0.1, -0.05) is 0 Å². The minimum Gasteiger partial charge on any atom is -0.387 e. The maximum atomic E-state index is 12.3.